The first-order chi connectivity index (χ1) is 12.1. The van der Waals surface area contributed by atoms with Crippen molar-refractivity contribution in [2.75, 3.05) is 0 Å². The van der Waals surface area contributed by atoms with E-state index in [1.807, 2.05) is 12.1 Å². The van der Waals surface area contributed by atoms with E-state index in [0.29, 0.717) is 37.2 Å². The third kappa shape index (κ3) is 4.56. The maximum atomic E-state index is 12.3. The van der Waals surface area contributed by atoms with Crippen LogP contribution in [-0.2, 0) is 11.4 Å². The summed E-state index contributed by atoms with van der Waals surface area (Å²) in [5, 5.41) is 11.9. The highest BCUT2D eigenvalue weighted by atomic mass is 16.5. The van der Waals surface area contributed by atoms with Gasteiger partial charge in [-0.2, -0.15) is 0 Å². The van der Waals surface area contributed by atoms with E-state index < -0.39 is 5.97 Å². The number of nitrogens with one attached hydrogen (secondary N) is 1. The number of carboxylic acid groups (broad SMARTS) is 1. The van der Waals surface area contributed by atoms with E-state index in [4.69, 9.17) is 9.84 Å². The van der Waals surface area contributed by atoms with Gasteiger partial charge in [-0.1, -0.05) is 0 Å². The Morgan fingerprint density at radius 1 is 1.12 bits per heavy atom. The summed E-state index contributed by atoms with van der Waals surface area (Å²) in [7, 11) is 0. The summed E-state index contributed by atoms with van der Waals surface area (Å²) in [6.45, 7) is 0.437. The minimum absolute atomic E-state index is 0.0729. The second-order valence-corrected chi connectivity index (χ2v) is 6.19. The zero-order chi connectivity index (χ0) is 17.6. The van der Waals surface area contributed by atoms with Crippen molar-refractivity contribution >= 4 is 11.9 Å². The number of amides is 1. The van der Waals surface area contributed by atoms with Gasteiger partial charge in [0.05, 0.1) is 5.92 Å². The lowest BCUT2D eigenvalue weighted by Crippen LogP contribution is -2.33. The number of rotatable bonds is 6. The van der Waals surface area contributed by atoms with Crippen molar-refractivity contribution in [3.05, 3.63) is 59.9 Å². The Bertz CT molecular complexity index is 731. The Balaban J connectivity index is 1.51. The lowest BCUT2D eigenvalue weighted by atomic mass is 10.1. The number of ether oxygens (including phenoxy) is 1. The molecule has 0 radical (unpaired) electrons. The minimum atomic E-state index is -0.785. The molecular weight excluding hydrogens is 320 g/mol. The zero-order valence-electron chi connectivity index (χ0n) is 13.7. The van der Waals surface area contributed by atoms with Crippen LogP contribution in [0.25, 0.3) is 0 Å². The van der Waals surface area contributed by atoms with Gasteiger partial charge < -0.3 is 15.2 Å². The Kier molecular flexibility index (Phi) is 5.28. The van der Waals surface area contributed by atoms with Crippen LogP contribution in [0.2, 0.25) is 0 Å². The number of hydrogen-bond acceptors (Lipinski definition) is 4. The summed E-state index contributed by atoms with van der Waals surface area (Å²) in [6, 6.07) is 10.6. The molecule has 1 amide bonds. The molecule has 0 unspecified atom stereocenters. The largest absolute Gasteiger partial charge is 0.489 e. The fourth-order valence-electron chi connectivity index (χ4n) is 2.95. The number of carbonyl (C=O) groups excluding carboxylic acids is 1. The van der Waals surface area contributed by atoms with Crippen LogP contribution in [0.1, 0.15) is 35.2 Å². The van der Waals surface area contributed by atoms with Gasteiger partial charge in [-0.15, -0.1) is 0 Å². The van der Waals surface area contributed by atoms with Crippen molar-refractivity contribution in [2.24, 2.45) is 5.92 Å². The number of nitrogens with zero attached hydrogens (tertiary/aromatic N) is 1. The van der Waals surface area contributed by atoms with Gasteiger partial charge in [-0.05, 0) is 61.2 Å². The number of pyridine rings is 1. The molecule has 3 rings (SSSR count). The van der Waals surface area contributed by atoms with Gasteiger partial charge in [0.1, 0.15) is 12.4 Å². The average molecular weight is 340 g/mol. The number of hydrogen-bond donors (Lipinski definition) is 2. The molecule has 1 heterocycles. The average Bonchev–Trinajstić information content (AvgIpc) is 3.10. The summed E-state index contributed by atoms with van der Waals surface area (Å²) in [4.78, 5) is 27.2. The number of aromatic nitrogens is 1. The molecule has 1 aliphatic carbocycles. The van der Waals surface area contributed by atoms with Crippen LogP contribution in [0, 0.1) is 5.92 Å². The molecule has 0 aliphatic heterocycles. The highest BCUT2D eigenvalue weighted by Gasteiger charge is 2.30. The monoisotopic (exact) mass is 340 g/mol. The van der Waals surface area contributed by atoms with E-state index in [-0.39, 0.29) is 17.9 Å². The number of carboxylic acids is 1. The third-order valence-electron chi connectivity index (χ3n) is 4.39. The van der Waals surface area contributed by atoms with Crippen molar-refractivity contribution < 1.29 is 19.4 Å². The van der Waals surface area contributed by atoms with Crippen molar-refractivity contribution in [3.8, 4) is 5.75 Å². The predicted octanol–water partition coefficient (Wildman–Crippen LogP) is 2.64. The lowest BCUT2D eigenvalue weighted by Gasteiger charge is -2.13. The zero-order valence-corrected chi connectivity index (χ0v) is 13.7. The van der Waals surface area contributed by atoms with Crippen molar-refractivity contribution in [1.29, 1.82) is 0 Å². The maximum absolute atomic E-state index is 12.3. The predicted molar refractivity (Wildman–Crippen MR) is 91.2 cm³/mol. The smallest absolute Gasteiger partial charge is 0.306 e. The Morgan fingerprint density at radius 2 is 1.84 bits per heavy atom. The second-order valence-electron chi connectivity index (χ2n) is 6.19. The normalized spacial score (nSPS) is 19.4. The van der Waals surface area contributed by atoms with E-state index in [1.54, 1.807) is 36.7 Å². The molecule has 2 atom stereocenters. The van der Waals surface area contributed by atoms with Gasteiger partial charge in [0, 0.05) is 24.0 Å². The SMILES string of the molecule is O=C(N[C@@H]1CC[C@H](C(=O)O)C1)c1ccc(OCc2ccncc2)cc1. The molecule has 130 valence electrons. The molecule has 6 heteroatoms. The molecule has 0 spiro atoms. The maximum Gasteiger partial charge on any atom is 0.306 e. The van der Waals surface area contributed by atoms with Gasteiger partial charge in [-0.3, -0.25) is 14.6 Å². The molecular formula is C19H20N2O4. The highest BCUT2D eigenvalue weighted by Crippen LogP contribution is 2.26. The second kappa shape index (κ2) is 7.79. The number of aliphatic carboxylic acids is 1. The minimum Gasteiger partial charge on any atom is -0.489 e. The first-order valence-electron chi connectivity index (χ1n) is 8.27. The molecule has 1 aromatic carbocycles. The molecule has 1 aromatic heterocycles. The Hall–Kier alpha value is -2.89. The van der Waals surface area contributed by atoms with E-state index in [9.17, 15) is 9.59 Å². The standard InChI is InChI=1S/C19H20N2O4/c22-18(21-16-4-1-15(11-16)19(23)24)14-2-5-17(6-3-14)25-12-13-7-9-20-10-8-13/h2-3,5-10,15-16H,1,4,11-12H2,(H,21,22)(H,23,24)/t15-,16+/m0/s1. The fourth-order valence-corrected chi connectivity index (χ4v) is 2.95. The lowest BCUT2D eigenvalue weighted by molar-refractivity contribution is -0.141. The van der Waals surface area contributed by atoms with Crippen LogP contribution >= 0.6 is 0 Å². The van der Waals surface area contributed by atoms with Crippen LogP contribution < -0.4 is 10.1 Å². The molecule has 6 nitrogen and oxygen atoms in total. The number of carbonyl (C=O) groups is 2. The molecule has 2 aromatic rings. The Morgan fingerprint density at radius 3 is 2.48 bits per heavy atom. The van der Waals surface area contributed by atoms with Gasteiger partial charge in [0.25, 0.3) is 5.91 Å². The third-order valence-corrected chi connectivity index (χ3v) is 4.39. The van der Waals surface area contributed by atoms with Crippen molar-refractivity contribution in [3.63, 3.8) is 0 Å². The number of benzene rings is 1. The van der Waals surface area contributed by atoms with Crippen LogP contribution in [0.5, 0.6) is 5.75 Å². The van der Waals surface area contributed by atoms with E-state index >= 15 is 0 Å². The van der Waals surface area contributed by atoms with Gasteiger partial charge >= 0.3 is 5.97 Å². The molecule has 1 aliphatic rings. The molecule has 25 heavy (non-hydrogen) atoms. The first-order valence-corrected chi connectivity index (χ1v) is 8.27. The summed E-state index contributed by atoms with van der Waals surface area (Å²) < 4.78 is 5.68. The fraction of sp³-hybridized carbons (Fsp3) is 0.316. The van der Waals surface area contributed by atoms with Crippen molar-refractivity contribution in [2.45, 2.75) is 31.9 Å². The molecule has 1 fully saturated rings. The van der Waals surface area contributed by atoms with E-state index in [0.717, 1.165) is 5.56 Å². The van der Waals surface area contributed by atoms with Crippen LogP contribution in [-0.4, -0.2) is 28.0 Å². The van der Waals surface area contributed by atoms with E-state index in [2.05, 4.69) is 10.3 Å². The first kappa shape index (κ1) is 17.0. The highest BCUT2D eigenvalue weighted by molar-refractivity contribution is 5.94. The van der Waals surface area contributed by atoms with Crippen LogP contribution in [0.15, 0.2) is 48.8 Å². The van der Waals surface area contributed by atoms with Gasteiger partial charge in [-0.25, -0.2) is 0 Å². The van der Waals surface area contributed by atoms with Crippen molar-refractivity contribution in [1.82, 2.24) is 10.3 Å². The summed E-state index contributed by atoms with van der Waals surface area (Å²) in [5.74, 6) is -0.640. The van der Waals surface area contributed by atoms with E-state index in [1.165, 1.54) is 0 Å². The van der Waals surface area contributed by atoms with Crippen LogP contribution in [0.4, 0.5) is 0 Å². The summed E-state index contributed by atoms with van der Waals surface area (Å²) in [5.41, 5.74) is 1.56. The quantitative estimate of drug-likeness (QED) is 0.844. The molecule has 1 saturated carbocycles. The van der Waals surface area contributed by atoms with Gasteiger partial charge in [0.15, 0.2) is 0 Å². The molecule has 0 bridgehead atoms. The summed E-state index contributed by atoms with van der Waals surface area (Å²) >= 11 is 0. The van der Waals surface area contributed by atoms with Crippen LogP contribution in [0.3, 0.4) is 0 Å². The molecule has 0 saturated heterocycles. The van der Waals surface area contributed by atoms with Gasteiger partial charge in [0.2, 0.25) is 0 Å². The Labute approximate surface area is 145 Å². The molecule has 2 N–H and O–H groups in total. The summed E-state index contributed by atoms with van der Waals surface area (Å²) in [6.07, 6.45) is 5.24. The topological polar surface area (TPSA) is 88.5 Å².